The van der Waals surface area contributed by atoms with E-state index in [-0.39, 0.29) is 10.8 Å². The average Bonchev–Trinajstić information content (AvgIpc) is 2.39. The number of nitrogens with zero attached hydrogens (tertiary/aromatic N) is 2. The molecule has 0 radical (unpaired) electrons. The normalized spacial score (nSPS) is 10.5. The number of hydrogen-bond acceptors (Lipinski definition) is 3. The first-order chi connectivity index (χ1) is 6.20. The van der Waals surface area contributed by atoms with Gasteiger partial charge < -0.3 is 9.90 Å². The molecule has 0 aliphatic rings. The molecule has 5 heteroatoms. The van der Waals surface area contributed by atoms with Gasteiger partial charge in [-0.15, -0.1) is 0 Å². The van der Waals surface area contributed by atoms with Crippen molar-refractivity contribution in [3.63, 3.8) is 0 Å². The second-order valence-corrected chi connectivity index (χ2v) is 2.83. The summed E-state index contributed by atoms with van der Waals surface area (Å²) in [5.41, 5.74) is 0.379. The maximum absolute atomic E-state index is 10.6. The van der Waals surface area contributed by atoms with Gasteiger partial charge in [-0.2, -0.15) is 0 Å². The predicted octanol–water partition coefficient (Wildman–Crippen LogP) is 0.351. The van der Waals surface area contributed by atoms with Crippen molar-refractivity contribution < 1.29 is 9.90 Å². The molecular weight excluding hydrogens is 192 g/mol. The summed E-state index contributed by atoms with van der Waals surface area (Å²) in [5, 5.41) is 10.6. The van der Waals surface area contributed by atoms with Gasteiger partial charge in [0.1, 0.15) is 11.3 Å². The Labute approximate surface area is 78.4 Å². The standard InChI is InChI=1S/C8H5ClN2O2/c9-7-6(8(12)13)11-4-2-1-3-5(11)10-7/h1-4H,(H,12,13)/p-1. The molecule has 0 aliphatic carbocycles. The van der Waals surface area contributed by atoms with Gasteiger partial charge in [-0.1, -0.05) is 17.7 Å². The predicted molar refractivity (Wildman–Crippen MR) is 44.5 cm³/mol. The fourth-order valence-corrected chi connectivity index (χ4v) is 1.40. The first-order valence-corrected chi connectivity index (χ1v) is 3.92. The zero-order chi connectivity index (χ0) is 9.42. The molecule has 0 saturated heterocycles. The summed E-state index contributed by atoms with van der Waals surface area (Å²) in [6.07, 6.45) is 1.57. The van der Waals surface area contributed by atoms with E-state index in [1.807, 2.05) is 0 Å². The maximum Gasteiger partial charge on any atom is 0.157 e. The number of halogens is 1. The van der Waals surface area contributed by atoms with Crippen molar-refractivity contribution in [1.82, 2.24) is 9.38 Å². The van der Waals surface area contributed by atoms with E-state index in [0.717, 1.165) is 0 Å². The highest BCUT2D eigenvalue weighted by Gasteiger charge is 2.09. The molecule has 0 unspecified atom stereocenters. The molecule has 66 valence electrons. The van der Waals surface area contributed by atoms with E-state index >= 15 is 0 Å². The van der Waals surface area contributed by atoms with Crippen molar-refractivity contribution in [3.05, 3.63) is 35.2 Å². The third-order valence-corrected chi connectivity index (χ3v) is 1.94. The van der Waals surface area contributed by atoms with E-state index in [1.165, 1.54) is 4.40 Å². The highest BCUT2D eigenvalue weighted by Crippen LogP contribution is 2.16. The number of carbonyl (C=O) groups excluding carboxylic acids is 1. The number of fused-ring (bicyclic) bond motifs is 1. The summed E-state index contributed by atoms with van der Waals surface area (Å²) >= 11 is 5.61. The van der Waals surface area contributed by atoms with Gasteiger partial charge in [0.25, 0.3) is 0 Å². The number of carbonyl (C=O) groups is 1. The summed E-state index contributed by atoms with van der Waals surface area (Å²) < 4.78 is 1.37. The highest BCUT2D eigenvalue weighted by atomic mass is 35.5. The first kappa shape index (κ1) is 8.07. The van der Waals surface area contributed by atoms with Gasteiger partial charge in [0.15, 0.2) is 5.15 Å². The topological polar surface area (TPSA) is 57.4 Å². The van der Waals surface area contributed by atoms with Gasteiger partial charge in [-0.25, -0.2) is 4.98 Å². The third kappa shape index (κ3) is 1.15. The summed E-state index contributed by atoms with van der Waals surface area (Å²) in [5.74, 6) is -1.33. The van der Waals surface area contributed by atoms with Crippen LogP contribution in [0.5, 0.6) is 0 Å². The minimum Gasteiger partial charge on any atom is -0.543 e. The molecule has 0 atom stereocenters. The molecule has 2 aromatic rings. The van der Waals surface area contributed by atoms with Crippen LogP contribution >= 0.6 is 11.6 Å². The molecule has 2 rings (SSSR count). The van der Waals surface area contributed by atoms with E-state index in [1.54, 1.807) is 24.4 Å². The Morgan fingerprint density at radius 2 is 2.31 bits per heavy atom. The lowest BCUT2D eigenvalue weighted by Gasteiger charge is -2.01. The third-order valence-electron chi connectivity index (χ3n) is 1.68. The Kier molecular flexibility index (Phi) is 1.70. The Bertz CT molecular complexity index is 478. The molecule has 0 spiro atoms. The molecule has 0 saturated carbocycles. The van der Waals surface area contributed by atoms with Crippen LogP contribution in [0.25, 0.3) is 5.65 Å². The van der Waals surface area contributed by atoms with Crippen molar-refractivity contribution in [2.24, 2.45) is 0 Å². The summed E-state index contributed by atoms with van der Waals surface area (Å²) in [6, 6.07) is 5.10. The molecule has 0 aliphatic heterocycles. The molecular formula is C8H4ClN2O2-. The quantitative estimate of drug-likeness (QED) is 0.660. The van der Waals surface area contributed by atoms with Crippen molar-refractivity contribution >= 4 is 23.2 Å². The lowest BCUT2D eigenvalue weighted by molar-refractivity contribution is -0.255. The Morgan fingerprint density at radius 1 is 1.54 bits per heavy atom. The Morgan fingerprint density at radius 3 is 3.00 bits per heavy atom. The summed E-state index contributed by atoms with van der Waals surface area (Å²) in [6.45, 7) is 0. The van der Waals surface area contributed by atoms with Crippen LogP contribution in [-0.4, -0.2) is 15.4 Å². The van der Waals surface area contributed by atoms with Crippen LogP contribution in [0.3, 0.4) is 0 Å². The van der Waals surface area contributed by atoms with Gasteiger partial charge in [0.2, 0.25) is 0 Å². The minimum atomic E-state index is -1.33. The van der Waals surface area contributed by atoms with Crippen LogP contribution in [0.15, 0.2) is 24.4 Å². The van der Waals surface area contributed by atoms with E-state index in [4.69, 9.17) is 11.6 Å². The Hall–Kier alpha value is -1.55. The first-order valence-electron chi connectivity index (χ1n) is 3.54. The molecule has 2 heterocycles. The summed E-state index contributed by atoms with van der Waals surface area (Å²) in [7, 11) is 0. The average molecular weight is 196 g/mol. The van der Waals surface area contributed by atoms with Crippen LogP contribution in [0.4, 0.5) is 0 Å². The summed E-state index contributed by atoms with van der Waals surface area (Å²) in [4.78, 5) is 14.5. The van der Waals surface area contributed by atoms with Gasteiger partial charge in [0, 0.05) is 6.20 Å². The van der Waals surface area contributed by atoms with Crippen LogP contribution in [0, 0.1) is 0 Å². The van der Waals surface area contributed by atoms with E-state index < -0.39 is 5.97 Å². The number of carboxylic acid groups (broad SMARTS) is 1. The van der Waals surface area contributed by atoms with Gasteiger partial charge >= 0.3 is 0 Å². The molecule has 0 aromatic carbocycles. The fourth-order valence-electron chi connectivity index (χ4n) is 1.15. The van der Waals surface area contributed by atoms with Crippen LogP contribution in [0.2, 0.25) is 5.15 Å². The second-order valence-electron chi connectivity index (χ2n) is 2.47. The molecule has 4 nitrogen and oxygen atoms in total. The number of imidazole rings is 1. The molecule has 13 heavy (non-hydrogen) atoms. The highest BCUT2D eigenvalue weighted by molar-refractivity contribution is 6.32. The van der Waals surface area contributed by atoms with Crippen molar-refractivity contribution in [2.75, 3.05) is 0 Å². The number of rotatable bonds is 1. The van der Waals surface area contributed by atoms with E-state index in [9.17, 15) is 9.90 Å². The lowest BCUT2D eigenvalue weighted by atomic mass is 10.4. The van der Waals surface area contributed by atoms with Crippen molar-refractivity contribution in [1.29, 1.82) is 0 Å². The maximum atomic E-state index is 10.6. The van der Waals surface area contributed by atoms with E-state index in [2.05, 4.69) is 4.98 Å². The lowest BCUT2D eigenvalue weighted by Crippen LogP contribution is -2.24. The number of hydrogen-bond donors (Lipinski definition) is 0. The number of aromatic carboxylic acids is 1. The smallest absolute Gasteiger partial charge is 0.157 e. The number of pyridine rings is 1. The Balaban J connectivity index is 2.86. The minimum absolute atomic E-state index is 0.0498. The van der Waals surface area contributed by atoms with Crippen molar-refractivity contribution in [2.45, 2.75) is 0 Å². The molecule has 0 amide bonds. The zero-order valence-corrected chi connectivity index (χ0v) is 7.15. The van der Waals surface area contributed by atoms with E-state index in [0.29, 0.717) is 5.65 Å². The van der Waals surface area contributed by atoms with Gasteiger partial charge in [-0.3, -0.25) is 4.40 Å². The molecule has 0 fully saturated rings. The van der Waals surface area contributed by atoms with Crippen LogP contribution < -0.4 is 5.11 Å². The number of aromatic nitrogens is 2. The van der Waals surface area contributed by atoms with Crippen LogP contribution in [0.1, 0.15) is 10.5 Å². The fraction of sp³-hybridized carbons (Fsp3) is 0. The van der Waals surface area contributed by atoms with Crippen LogP contribution in [-0.2, 0) is 0 Å². The number of carboxylic acids is 1. The monoisotopic (exact) mass is 195 g/mol. The molecule has 0 bridgehead atoms. The largest absolute Gasteiger partial charge is 0.543 e. The second kappa shape index (κ2) is 2.74. The SMILES string of the molecule is O=C([O-])c1c(Cl)nc2ccccn12. The zero-order valence-electron chi connectivity index (χ0n) is 6.40. The molecule has 0 N–H and O–H groups in total. The van der Waals surface area contributed by atoms with Gasteiger partial charge in [-0.05, 0) is 12.1 Å². The van der Waals surface area contributed by atoms with Crippen molar-refractivity contribution in [3.8, 4) is 0 Å². The van der Waals surface area contributed by atoms with Gasteiger partial charge in [0.05, 0.1) is 5.97 Å². The molecule has 2 aromatic heterocycles.